The van der Waals surface area contributed by atoms with Gasteiger partial charge in [0.25, 0.3) is 5.91 Å². The number of piperidine rings is 1. The predicted octanol–water partition coefficient (Wildman–Crippen LogP) is 2.80. The molecule has 0 bridgehead atoms. The summed E-state index contributed by atoms with van der Waals surface area (Å²) in [4.78, 5) is 30.4. The van der Waals surface area contributed by atoms with Crippen molar-refractivity contribution in [1.82, 2.24) is 9.80 Å². The van der Waals surface area contributed by atoms with Gasteiger partial charge in [-0.15, -0.1) is 0 Å². The topological polar surface area (TPSA) is 49.9 Å². The minimum absolute atomic E-state index is 0.0716. The third-order valence-corrected chi connectivity index (χ3v) is 6.65. The van der Waals surface area contributed by atoms with E-state index in [1.54, 1.807) is 0 Å². The van der Waals surface area contributed by atoms with Crippen LogP contribution in [-0.2, 0) is 14.3 Å². The van der Waals surface area contributed by atoms with Crippen LogP contribution >= 0.6 is 0 Å². The number of carbonyl (C=O) groups excluding carboxylic acids is 2. The molecule has 0 N–H and O–H groups in total. The molecule has 5 rings (SSSR count). The predicted molar refractivity (Wildman–Crippen MR) is 102 cm³/mol. The monoisotopic (exact) mass is 368 g/mol. The maximum atomic E-state index is 13.4. The summed E-state index contributed by atoms with van der Waals surface area (Å²) < 4.78 is 6.10. The van der Waals surface area contributed by atoms with Crippen LogP contribution in [0.4, 0.5) is 0 Å². The number of rotatable bonds is 3. The van der Waals surface area contributed by atoms with Gasteiger partial charge in [0.15, 0.2) is 5.60 Å². The Hall–Kier alpha value is -1.88. The molecule has 2 atom stereocenters. The third-order valence-electron chi connectivity index (χ3n) is 6.65. The Kier molecular flexibility index (Phi) is 4.23. The summed E-state index contributed by atoms with van der Waals surface area (Å²) in [6.45, 7) is 2.98. The highest BCUT2D eigenvalue weighted by Gasteiger charge is 2.56. The van der Waals surface area contributed by atoms with Gasteiger partial charge in [-0.05, 0) is 44.4 Å². The van der Waals surface area contributed by atoms with Crippen molar-refractivity contribution in [2.24, 2.45) is 11.8 Å². The van der Waals surface area contributed by atoms with Crippen molar-refractivity contribution in [3.05, 3.63) is 35.6 Å². The maximum Gasteiger partial charge on any atom is 0.264 e. The van der Waals surface area contributed by atoms with E-state index in [1.807, 2.05) is 15.9 Å². The van der Waals surface area contributed by atoms with E-state index < -0.39 is 5.60 Å². The molecule has 144 valence electrons. The Morgan fingerprint density at radius 1 is 1.19 bits per heavy atom. The molecule has 5 aliphatic rings. The molecular weight excluding hydrogens is 340 g/mol. The number of amides is 2. The normalized spacial score (nSPS) is 33.2. The number of fused-ring (bicyclic) bond motifs is 2. The molecule has 2 unspecified atom stereocenters. The smallest absolute Gasteiger partial charge is 0.264 e. The lowest BCUT2D eigenvalue weighted by Gasteiger charge is -2.33. The van der Waals surface area contributed by atoms with Crippen molar-refractivity contribution >= 4 is 11.8 Å². The van der Waals surface area contributed by atoms with E-state index in [4.69, 9.17) is 4.74 Å². The lowest BCUT2D eigenvalue weighted by atomic mass is 9.83. The second-order valence-electron chi connectivity index (χ2n) is 8.57. The Morgan fingerprint density at radius 3 is 2.70 bits per heavy atom. The first-order valence-corrected chi connectivity index (χ1v) is 10.5. The van der Waals surface area contributed by atoms with Gasteiger partial charge < -0.3 is 14.5 Å². The van der Waals surface area contributed by atoms with E-state index in [0.717, 1.165) is 43.7 Å². The summed E-state index contributed by atoms with van der Waals surface area (Å²) in [5, 5.41) is 0. The minimum atomic E-state index is -0.906. The zero-order valence-electron chi connectivity index (χ0n) is 15.9. The van der Waals surface area contributed by atoms with Crippen molar-refractivity contribution in [3.8, 4) is 0 Å². The van der Waals surface area contributed by atoms with E-state index in [9.17, 15) is 9.59 Å². The second kappa shape index (κ2) is 6.62. The van der Waals surface area contributed by atoms with Crippen LogP contribution in [0.1, 0.15) is 44.9 Å². The quantitative estimate of drug-likeness (QED) is 0.720. The summed E-state index contributed by atoms with van der Waals surface area (Å²) >= 11 is 0. The Labute approximate surface area is 160 Å². The molecule has 0 aromatic carbocycles. The molecule has 3 heterocycles. The Bertz CT molecular complexity index is 743. The van der Waals surface area contributed by atoms with Crippen LogP contribution in [-0.4, -0.2) is 53.5 Å². The number of allylic oxidation sites excluding steroid dienone is 1. The number of carbonyl (C=O) groups is 2. The third kappa shape index (κ3) is 2.87. The van der Waals surface area contributed by atoms with E-state index >= 15 is 0 Å². The van der Waals surface area contributed by atoms with Gasteiger partial charge >= 0.3 is 0 Å². The number of ether oxygens (including phenoxy) is 1. The molecule has 2 aliphatic carbocycles. The highest BCUT2D eigenvalue weighted by atomic mass is 16.5. The largest absolute Gasteiger partial charge is 0.356 e. The van der Waals surface area contributed by atoms with Gasteiger partial charge in [-0.3, -0.25) is 9.59 Å². The van der Waals surface area contributed by atoms with Crippen LogP contribution in [0.5, 0.6) is 0 Å². The highest BCUT2D eigenvalue weighted by molar-refractivity contribution is 5.98. The van der Waals surface area contributed by atoms with Gasteiger partial charge in [0.1, 0.15) is 0 Å². The van der Waals surface area contributed by atoms with Gasteiger partial charge in [-0.1, -0.05) is 24.3 Å². The average molecular weight is 368 g/mol. The standard InChI is InChI=1S/C22H28N2O3/c25-20(23-11-3-1-4-12-23)17-8-9-19-18(14-17)22(10-2-5-13-27-22)21(26)24(19)15-16-6-7-16/h2,5,9,14,16-17H,1,3-4,6-8,10-13,15H2. The zero-order chi connectivity index (χ0) is 18.4. The van der Waals surface area contributed by atoms with Gasteiger partial charge in [0.2, 0.25) is 5.91 Å². The van der Waals surface area contributed by atoms with Gasteiger partial charge in [-0.2, -0.15) is 0 Å². The molecule has 0 radical (unpaired) electrons. The van der Waals surface area contributed by atoms with Crippen LogP contribution in [0, 0.1) is 11.8 Å². The Balaban J connectivity index is 1.46. The number of likely N-dealkylation sites (tertiary alicyclic amines) is 2. The van der Waals surface area contributed by atoms with Crippen molar-refractivity contribution in [3.63, 3.8) is 0 Å². The van der Waals surface area contributed by atoms with Crippen LogP contribution in [0.15, 0.2) is 35.6 Å². The second-order valence-corrected chi connectivity index (χ2v) is 8.57. The van der Waals surface area contributed by atoms with E-state index in [0.29, 0.717) is 25.4 Å². The van der Waals surface area contributed by atoms with Crippen molar-refractivity contribution in [2.75, 3.05) is 26.2 Å². The lowest BCUT2D eigenvalue weighted by Crippen LogP contribution is -2.45. The lowest BCUT2D eigenvalue weighted by molar-refractivity contribution is -0.146. The average Bonchev–Trinajstić information content (AvgIpc) is 3.53. The summed E-state index contributed by atoms with van der Waals surface area (Å²) in [7, 11) is 0. The Morgan fingerprint density at radius 2 is 2.00 bits per heavy atom. The van der Waals surface area contributed by atoms with Crippen LogP contribution < -0.4 is 0 Å². The molecular formula is C22H28N2O3. The minimum Gasteiger partial charge on any atom is -0.356 e. The number of hydrogen-bond donors (Lipinski definition) is 0. The van der Waals surface area contributed by atoms with Gasteiger partial charge in [-0.25, -0.2) is 0 Å². The van der Waals surface area contributed by atoms with Crippen molar-refractivity contribution in [2.45, 2.75) is 50.5 Å². The number of nitrogens with zero attached hydrogens (tertiary/aromatic N) is 2. The first kappa shape index (κ1) is 17.2. The molecule has 2 saturated heterocycles. The molecule has 0 aromatic rings. The van der Waals surface area contributed by atoms with Crippen LogP contribution in [0.2, 0.25) is 0 Å². The maximum absolute atomic E-state index is 13.4. The van der Waals surface area contributed by atoms with Crippen molar-refractivity contribution < 1.29 is 14.3 Å². The molecule has 3 fully saturated rings. The van der Waals surface area contributed by atoms with Gasteiger partial charge in [0, 0.05) is 37.3 Å². The van der Waals surface area contributed by atoms with E-state index in [2.05, 4.69) is 18.2 Å². The van der Waals surface area contributed by atoms with E-state index in [-0.39, 0.29) is 17.7 Å². The first-order valence-electron chi connectivity index (χ1n) is 10.5. The fourth-order valence-electron chi connectivity index (χ4n) is 4.91. The van der Waals surface area contributed by atoms with Crippen LogP contribution in [0.3, 0.4) is 0 Å². The first-order chi connectivity index (χ1) is 13.2. The fraction of sp³-hybridized carbons (Fsp3) is 0.636. The summed E-state index contributed by atoms with van der Waals surface area (Å²) in [5.74, 6) is 0.745. The highest BCUT2D eigenvalue weighted by Crippen LogP contribution is 2.48. The molecule has 1 spiro atoms. The van der Waals surface area contributed by atoms with E-state index in [1.165, 1.54) is 19.3 Å². The number of hydrogen-bond acceptors (Lipinski definition) is 3. The molecule has 27 heavy (non-hydrogen) atoms. The summed E-state index contributed by atoms with van der Waals surface area (Å²) in [6.07, 6.45) is 15.3. The molecule has 1 saturated carbocycles. The van der Waals surface area contributed by atoms with Crippen LogP contribution in [0.25, 0.3) is 0 Å². The fourth-order valence-corrected chi connectivity index (χ4v) is 4.91. The van der Waals surface area contributed by atoms with Crippen molar-refractivity contribution in [1.29, 1.82) is 0 Å². The molecule has 2 amide bonds. The molecule has 5 nitrogen and oxygen atoms in total. The SMILES string of the molecule is O=C(C1C=C2C(=CC1)N(CC1CC1)C(=O)C21CC=CCO1)N1CCCCC1. The molecule has 3 aliphatic heterocycles. The zero-order valence-corrected chi connectivity index (χ0v) is 15.9. The molecule has 0 aromatic heterocycles. The summed E-state index contributed by atoms with van der Waals surface area (Å²) in [6, 6.07) is 0. The molecule has 5 heteroatoms. The van der Waals surface area contributed by atoms with Gasteiger partial charge in [0.05, 0.1) is 12.5 Å². The summed E-state index contributed by atoms with van der Waals surface area (Å²) in [5.41, 5.74) is 1.04.